The summed E-state index contributed by atoms with van der Waals surface area (Å²) < 4.78 is 23.4. The number of benzene rings is 1. The minimum atomic E-state index is -3.38. The van der Waals surface area contributed by atoms with Crippen molar-refractivity contribution < 1.29 is 18.0 Å². The number of rotatable bonds is 4. The highest BCUT2D eigenvalue weighted by Crippen LogP contribution is 2.36. The summed E-state index contributed by atoms with van der Waals surface area (Å²) in [5.41, 5.74) is 0.911. The van der Waals surface area contributed by atoms with E-state index in [1.807, 2.05) is 13.8 Å². The average molecular weight is 338 g/mol. The molecule has 0 aromatic heterocycles. The molecule has 6 nitrogen and oxygen atoms in total. The largest absolute Gasteiger partial charge is 0.322 e. The predicted molar refractivity (Wildman–Crippen MR) is 89.2 cm³/mol. The van der Waals surface area contributed by atoms with E-state index in [0.717, 1.165) is 6.26 Å². The van der Waals surface area contributed by atoms with Crippen molar-refractivity contribution in [2.24, 2.45) is 5.92 Å². The highest BCUT2D eigenvalue weighted by atomic mass is 32.2. The Kier molecular flexibility index (Phi) is 4.79. The Morgan fingerprint density at radius 1 is 1.35 bits per heavy atom. The van der Waals surface area contributed by atoms with Gasteiger partial charge in [-0.3, -0.25) is 14.5 Å². The first-order chi connectivity index (χ1) is 10.6. The number of anilines is 2. The van der Waals surface area contributed by atoms with Crippen molar-refractivity contribution in [3.05, 3.63) is 18.2 Å². The summed E-state index contributed by atoms with van der Waals surface area (Å²) in [7, 11) is -3.38. The van der Waals surface area contributed by atoms with Gasteiger partial charge in [0.1, 0.15) is 6.04 Å². The van der Waals surface area contributed by atoms with Crippen LogP contribution in [0.25, 0.3) is 0 Å². The van der Waals surface area contributed by atoms with Crippen molar-refractivity contribution in [3.63, 3.8) is 0 Å². The van der Waals surface area contributed by atoms with Crippen LogP contribution in [-0.4, -0.2) is 32.5 Å². The number of nitrogens with one attached hydrogen (secondary N) is 1. The topological polar surface area (TPSA) is 83.6 Å². The van der Waals surface area contributed by atoms with E-state index in [9.17, 15) is 18.0 Å². The maximum Gasteiger partial charge on any atom is 0.247 e. The molecule has 1 heterocycles. The summed E-state index contributed by atoms with van der Waals surface area (Å²) in [6.07, 6.45) is 1.93. The number of hydrogen-bond donors (Lipinski definition) is 1. The first kappa shape index (κ1) is 17.5. The molecule has 0 unspecified atom stereocenters. The second-order valence-electron chi connectivity index (χ2n) is 6.20. The zero-order valence-electron chi connectivity index (χ0n) is 13.8. The van der Waals surface area contributed by atoms with E-state index in [4.69, 9.17) is 0 Å². The molecule has 0 spiro atoms. The van der Waals surface area contributed by atoms with Gasteiger partial charge in [-0.15, -0.1) is 0 Å². The molecule has 0 radical (unpaired) electrons. The fourth-order valence-corrected chi connectivity index (χ4v) is 3.34. The van der Waals surface area contributed by atoms with Gasteiger partial charge in [-0.2, -0.15) is 0 Å². The van der Waals surface area contributed by atoms with Gasteiger partial charge in [0, 0.05) is 12.7 Å². The standard InChI is InChI=1S/C16H22N2O4S/c1-5-15(19)18-13-7-6-11(23(4,21)22)9-12(13)17-16(20)14(18)8-10(2)3/h6-7,9-10,14H,5,8H2,1-4H3,(H,17,20)/t14-/m0/s1. The highest BCUT2D eigenvalue weighted by molar-refractivity contribution is 7.90. The van der Waals surface area contributed by atoms with Gasteiger partial charge in [-0.1, -0.05) is 20.8 Å². The SMILES string of the molecule is CCC(=O)N1c2ccc(S(C)(=O)=O)cc2NC(=O)[C@@H]1CC(C)C. The summed E-state index contributed by atoms with van der Waals surface area (Å²) in [6, 6.07) is 3.89. The number of amides is 2. The van der Waals surface area contributed by atoms with Crippen molar-refractivity contribution in [1.29, 1.82) is 0 Å². The molecule has 1 aliphatic rings. The number of carbonyl (C=O) groups is 2. The second-order valence-corrected chi connectivity index (χ2v) is 8.22. The Hall–Kier alpha value is -1.89. The molecule has 7 heteroatoms. The van der Waals surface area contributed by atoms with E-state index in [1.165, 1.54) is 17.0 Å². The van der Waals surface area contributed by atoms with Gasteiger partial charge in [0.2, 0.25) is 11.8 Å². The van der Waals surface area contributed by atoms with Crippen molar-refractivity contribution >= 4 is 33.0 Å². The maximum absolute atomic E-state index is 12.4. The van der Waals surface area contributed by atoms with Crippen LogP contribution in [0, 0.1) is 5.92 Å². The van der Waals surface area contributed by atoms with Crippen molar-refractivity contribution in [3.8, 4) is 0 Å². The normalized spacial score (nSPS) is 17.9. The first-order valence-corrected chi connectivity index (χ1v) is 9.51. The Balaban J connectivity index is 2.55. The monoisotopic (exact) mass is 338 g/mol. The zero-order valence-corrected chi connectivity index (χ0v) is 14.6. The highest BCUT2D eigenvalue weighted by Gasteiger charge is 2.36. The number of hydrogen-bond acceptors (Lipinski definition) is 4. The van der Waals surface area contributed by atoms with Crippen LogP contribution < -0.4 is 10.2 Å². The van der Waals surface area contributed by atoms with Crippen LogP contribution >= 0.6 is 0 Å². The molecule has 0 fully saturated rings. The van der Waals surface area contributed by atoms with E-state index < -0.39 is 15.9 Å². The molecular formula is C16H22N2O4S. The van der Waals surface area contributed by atoms with Crippen LogP contribution in [0.4, 0.5) is 11.4 Å². The van der Waals surface area contributed by atoms with E-state index in [1.54, 1.807) is 13.0 Å². The fourth-order valence-electron chi connectivity index (χ4n) is 2.69. The van der Waals surface area contributed by atoms with Crippen LogP contribution in [0.5, 0.6) is 0 Å². The van der Waals surface area contributed by atoms with E-state index >= 15 is 0 Å². The third-order valence-corrected chi connectivity index (χ3v) is 4.90. The average Bonchev–Trinajstić information content (AvgIpc) is 2.45. The molecule has 1 N–H and O–H groups in total. The molecule has 1 aromatic carbocycles. The van der Waals surface area contributed by atoms with E-state index in [2.05, 4.69) is 5.32 Å². The fraction of sp³-hybridized carbons (Fsp3) is 0.500. The van der Waals surface area contributed by atoms with Crippen LogP contribution in [0.2, 0.25) is 0 Å². The van der Waals surface area contributed by atoms with Gasteiger partial charge >= 0.3 is 0 Å². The molecule has 126 valence electrons. The van der Waals surface area contributed by atoms with Crippen LogP contribution in [0.1, 0.15) is 33.6 Å². The molecule has 1 atom stereocenters. The van der Waals surface area contributed by atoms with Gasteiger partial charge in [-0.05, 0) is 30.5 Å². The Bertz CT molecular complexity index is 740. The summed E-state index contributed by atoms with van der Waals surface area (Å²) >= 11 is 0. The van der Waals surface area contributed by atoms with Crippen LogP contribution in [0.3, 0.4) is 0 Å². The van der Waals surface area contributed by atoms with Gasteiger partial charge in [0.15, 0.2) is 9.84 Å². The van der Waals surface area contributed by atoms with Crippen LogP contribution in [0.15, 0.2) is 23.1 Å². The number of sulfone groups is 1. The third kappa shape index (κ3) is 3.55. The lowest BCUT2D eigenvalue weighted by Gasteiger charge is -2.37. The smallest absolute Gasteiger partial charge is 0.247 e. The van der Waals surface area contributed by atoms with E-state index in [-0.39, 0.29) is 29.0 Å². The summed E-state index contributed by atoms with van der Waals surface area (Å²) in [5.74, 6) is -0.188. The number of nitrogens with zero attached hydrogens (tertiary/aromatic N) is 1. The molecule has 2 amide bonds. The Morgan fingerprint density at radius 3 is 2.52 bits per heavy atom. The minimum Gasteiger partial charge on any atom is -0.322 e. The molecule has 1 aliphatic heterocycles. The van der Waals surface area contributed by atoms with E-state index in [0.29, 0.717) is 17.8 Å². The summed E-state index contributed by atoms with van der Waals surface area (Å²) in [6.45, 7) is 5.72. The van der Waals surface area contributed by atoms with Crippen molar-refractivity contribution in [2.45, 2.75) is 44.6 Å². The maximum atomic E-state index is 12.4. The van der Waals surface area contributed by atoms with Crippen LogP contribution in [-0.2, 0) is 19.4 Å². The quantitative estimate of drug-likeness (QED) is 0.912. The van der Waals surface area contributed by atoms with Gasteiger partial charge < -0.3 is 5.32 Å². The Morgan fingerprint density at radius 2 is 2.00 bits per heavy atom. The van der Waals surface area contributed by atoms with Crippen molar-refractivity contribution in [1.82, 2.24) is 0 Å². The lowest BCUT2D eigenvalue weighted by molar-refractivity contribution is -0.124. The number of carbonyl (C=O) groups excluding carboxylic acids is 2. The molecule has 0 saturated carbocycles. The van der Waals surface area contributed by atoms with Gasteiger partial charge in [-0.25, -0.2) is 8.42 Å². The minimum absolute atomic E-state index is 0.114. The van der Waals surface area contributed by atoms with Gasteiger partial charge in [0.25, 0.3) is 0 Å². The molecule has 23 heavy (non-hydrogen) atoms. The molecular weight excluding hydrogens is 316 g/mol. The molecule has 2 rings (SSSR count). The zero-order chi connectivity index (χ0) is 17.4. The lowest BCUT2D eigenvalue weighted by Crippen LogP contribution is -2.51. The molecule has 0 aliphatic carbocycles. The first-order valence-electron chi connectivity index (χ1n) is 7.62. The molecule has 0 saturated heterocycles. The Labute approximate surface area is 136 Å². The predicted octanol–water partition coefficient (Wildman–Crippen LogP) is 2.20. The van der Waals surface area contributed by atoms with Crippen molar-refractivity contribution in [2.75, 3.05) is 16.5 Å². The lowest BCUT2D eigenvalue weighted by atomic mass is 9.98. The molecule has 0 bridgehead atoms. The molecule has 1 aromatic rings. The summed E-state index contributed by atoms with van der Waals surface area (Å²) in [4.78, 5) is 26.4. The number of fused-ring (bicyclic) bond motifs is 1. The van der Waals surface area contributed by atoms with Gasteiger partial charge in [0.05, 0.1) is 16.3 Å². The summed E-state index contributed by atoms with van der Waals surface area (Å²) in [5, 5.41) is 2.74. The second kappa shape index (κ2) is 6.31. The third-order valence-electron chi connectivity index (χ3n) is 3.79.